The number of carbonyl (C=O) groups excluding carboxylic acids is 2. The second kappa shape index (κ2) is 8.99. The lowest BCUT2D eigenvalue weighted by molar-refractivity contribution is 0.0921. The van der Waals surface area contributed by atoms with Gasteiger partial charge >= 0.3 is 0 Å². The van der Waals surface area contributed by atoms with Gasteiger partial charge in [-0.15, -0.1) is 0 Å². The molecule has 28 heavy (non-hydrogen) atoms. The van der Waals surface area contributed by atoms with E-state index in [-0.39, 0.29) is 23.6 Å². The Morgan fingerprint density at radius 2 is 1.71 bits per heavy atom. The largest absolute Gasteiger partial charge is 0.451 e. The number of fused-ring (bicyclic) bond motifs is 1. The molecule has 3 rings (SSSR count). The smallest absolute Gasteiger partial charge is 0.287 e. The molecule has 6 nitrogen and oxygen atoms in total. The zero-order chi connectivity index (χ0) is 19.9. The van der Waals surface area contributed by atoms with Crippen LogP contribution in [0.5, 0.6) is 0 Å². The molecule has 2 N–H and O–H groups in total. The summed E-state index contributed by atoms with van der Waals surface area (Å²) >= 11 is 0. The quantitative estimate of drug-likeness (QED) is 0.618. The van der Waals surface area contributed by atoms with Crippen LogP contribution >= 0.6 is 0 Å². The van der Waals surface area contributed by atoms with Crippen molar-refractivity contribution in [1.82, 2.24) is 10.6 Å². The molecule has 0 radical (unpaired) electrons. The standard InChI is InChI=1S/C22H22N2O4/c1-2-3-12-23-21(26)16-10-8-15(9-11-16)14-24-22(27)20-13-18(25)17-6-4-5-7-19(17)28-20/h4-11,13H,2-3,12,14H2,1H3,(H,23,26)(H,24,27). The number of carbonyl (C=O) groups is 2. The van der Waals surface area contributed by atoms with Gasteiger partial charge in [-0.25, -0.2) is 0 Å². The number of rotatable bonds is 7. The number of amides is 2. The Morgan fingerprint density at radius 3 is 2.46 bits per heavy atom. The van der Waals surface area contributed by atoms with Gasteiger partial charge in [0.05, 0.1) is 5.39 Å². The monoisotopic (exact) mass is 378 g/mol. The highest BCUT2D eigenvalue weighted by Gasteiger charge is 2.12. The topological polar surface area (TPSA) is 88.4 Å². The second-order valence-electron chi connectivity index (χ2n) is 6.46. The minimum absolute atomic E-state index is 0.0318. The normalized spacial score (nSPS) is 10.6. The fourth-order valence-electron chi connectivity index (χ4n) is 2.74. The average molecular weight is 378 g/mol. The highest BCUT2D eigenvalue weighted by Crippen LogP contribution is 2.12. The van der Waals surface area contributed by atoms with Crippen LogP contribution in [-0.4, -0.2) is 18.4 Å². The van der Waals surface area contributed by atoms with E-state index in [1.54, 1.807) is 48.5 Å². The molecule has 2 aromatic carbocycles. The zero-order valence-corrected chi connectivity index (χ0v) is 15.7. The van der Waals surface area contributed by atoms with Gasteiger partial charge in [-0.3, -0.25) is 14.4 Å². The molecule has 1 heterocycles. The lowest BCUT2D eigenvalue weighted by Crippen LogP contribution is -2.25. The second-order valence-corrected chi connectivity index (χ2v) is 6.46. The highest BCUT2D eigenvalue weighted by molar-refractivity contribution is 5.94. The van der Waals surface area contributed by atoms with Crippen LogP contribution in [0.15, 0.2) is 63.8 Å². The molecule has 2 amide bonds. The summed E-state index contributed by atoms with van der Waals surface area (Å²) in [6.45, 7) is 2.98. The third-order valence-corrected chi connectivity index (χ3v) is 4.34. The molecule has 3 aromatic rings. The molecule has 0 saturated heterocycles. The van der Waals surface area contributed by atoms with E-state index in [1.165, 1.54) is 6.07 Å². The first-order valence-electron chi connectivity index (χ1n) is 9.26. The van der Waals surface area contributed by atoms with Crippen molar-refractivity contribution in [3.8, 4) is 0 Å². The van der Waals surface area contributed by atoms with E-state index < -0.39 is 5.91 Å². The van der Waals surface area contributed by atoms with Crippen molar-refractivity contribution in [2.45, 2.75) is 26.3 Å². The highest BCUT2D eigenvalue weighted by atomic mass is 16.3. The van der Waals surface area contributed by atoms with Crippen LogP contribution in [0.3, 0.4) is 0 Å². The molecule has 0 aliphatic carbocycles. The Hall–Kier alpha value is -3.41. The molecular formula is C22H22N2O4. The molecule has 0 bridgehead atoms. The lowest BCUT2D eigenvalue weighted by Gasteiger charge is -2.07. The van der Waals surface area contributed by atoms with E-state index >= 15 is 0 Å². The van der Waals surface area contributed by atoms with E-state index in [1.807, 2.05) is 0 Å². The number of nitrogens with one attached hydrogen (secondary N) is 2. The molecule has 0 unspecified atom stereocenters. The fraction of sp³-hybridized carbons (Fsp3) is 0.227. The van der Waals surface area contributed by atoms with Gasteiger partial charge in [0.15, 0.2) is 11.2 Å². The summed E-state index contributed by atoms with van der Waals surface area (Å²) in [5.74, 6) is -0.609. The van der Waals surface area contributed by atoms with Crippen molar-refractivity contribution in [1.29, 1.82) is 0 Å². The van der Waals surface area contributed by atoms with E-state index in [0.717, 1.165) is 18.4 Å². The van der Waals surface area contributed by atoms with Crippen LogP contribution in [0.1, 0.15) is 46.2 Å². The van der Waals surface area contributed by atoms with Crippen molar-refractivity contribution >= 4 is 22.8 Å². The summed E-state index contributed by atoms with van der Waals surface area (Å²) in [6, 6.07) is 15.0. The van der Waals surface area contributed by atoms with Gasteiger partial charge in [-0.05, 0) is 36.2 Å². The number of unbranched alkanes of at least 4 members (excludes halogenated alkanes) is 1. The molecule has 1 aromatic heterocycles. The van der Waals surface area contributed by atoms with E-state index in [4.69, 9.17) is 4.42 Å². The van der Waals surface area contributed by atoms with Crippen LogP contribution in [0.4, 0.5) is 0 Å². The van der Waals surface area contributed by atoms with Gasteiger partial charge in [-0.2, -0.15) is 0 Å². The van der Waals surface area contributed by atoms with Crippen LogP contribution in [0, 0.1) is 0 Å². The molecule has 0 saturated carbocycles. The molecule has 0 atom stereocenters. The van der Waals surface area contributed by atoms with Gasteiger partial charge in [-0.1, -0.05) is 37.6 Å². The predicted octanol–water partition coefficient (Wildman–Crippen LogP) is 3.25. The Kier molecular flexibility index (Phi) is 6.22. The third-order valence-electron chi connectivity index (χ3n) is 4.34. The Bertz CT molecular complexity index is 1040. The van der Waals surface area contributed by atoms with Gasteiger partial charge in [0.25, 0.3) is 11.8 Å². The van der Waals surface area contributed by atoms with Gasteiger partial charge < -0.3 is 15.1 Å². The summed E-state index contributed by atoms with van der Waals surface area (Å²) in [4.78, 5) is 36.4. The maximum Gasteiger partial charge on any atom is 0.287 e. The SMILES string of the molecule is CCCCNC(=O)c1ccc(CNC(=O)c2cc(=O)c3ccccc3o2)cc1. The summed E-state index contributed by atoms with van der Waals surface area (Å²) in [6.07, 6.45) is 1.97. The predicted molar refractivity (Wildman–Crippen MR) is 107 cm³/mol. The molecule has 6 heteroatoms. The average Bonchev–Trinajstić information content (AvgIpc) is 2.72. The first-order valence-corrected chi connectivity index (χ1v) is 9.26. The van der Waals surface area contributed by atoms with Crippen molar-refractivity contribution in [3.05, 3.63) is 81.7 Å². The Balaban J connectivity index is 1.62. The maximum atomic E-state index is 12.3. The van der Waals surface area contributed by atoms with E-state index in [2.05, 4.69) is 17.6 Å². The number of para-hydroxylation sites is 1. The fourth-order valence-corrected chi connectivity index (χ4v) is 2.74. The summed E-state index contributed by atoms with van der Waals surface area (Å²) < 4.78 is 5.53. The lowest BCUT2D eigenvalue weighted by atomic mass is 10.1. The van der Waals surface area contributed by atoms with Gasteiger partial charge in [0, 0.05) is 24.7 Å². The van der Waals surface area contributed by atoms with Gasteiger partial charge in [0.1, 0.15) is 5.58 Å². The minimum Gasteiger partial charge on any atom is -0.451 e. The van der Waals surface area contributed by atoms with Gasteiger partial charge in [0.2, 0.25) is 0 Å². The molecule has 0 aliphatic heterocycles. The Labute approximate surface area is 162 Å². The first kappa shape index (κ1) is 19.4. The first-order chi connectivity index (χ1) is 13.6. The summed E-state index contributed by atoms with van der Waals surface area (Å²) in [5, 5.41) is 6.02. The van der Waals surface area contributed by atoms with Crippen molar-refractivity contribution in [3.63, 3.8) is 0 Å². The van der Waals surface area contributed by atoms with Crippen LogP contribution in [-0.2, 0) is 6.54 Å². The van der Waals surface area contributed by atoms with Crippen LogP contribution < -0.4 is 16.1 Å². The van der Waals surface area contributed by atoms with Crippen molar-refractivity contribution < 1.29 is 14.0 Å². The van der Waals surface area contributed by atoms with Crippen LogP contribution in [0.2, 0.25) is 0 Å². The molecular weight excluding hydrogens is 356 g/mol. The number of benzene rings is 2. The van der Waals surface area contributed by atoms with E-state index in [9.17, 15) is 14.4 Å². The summed E-state index contributed by atoms with van der Waals surface area (Å²) in [7, 11) is 0. The molecule has 144 valence electrons. The third kappa shape index (κ3) is 4.65. The molecule has 0 spiro atoms. The van der Waals surface area contributed by atoms with Crippen molar-refractivity contribution in [2.75, 3.05) is 6.54 Å². The zero-order valence-electron chi connectivity index (χ0n) is 15.7. The molecule has 0 fully saturated rings. The van der Waals surface area contributed by atoms with E-state index in [0.29, 0.717) is 23.1 Å². The Morgan fingerprint density at radius 1 is 0.964 bits per heavy atom. The van der Waals surface area contributed by atoms with Crippen LogP contribution in [0.25, 0.3) is 11.0 Å². The summed E-state index contributed by atoms with van der Waals surface area (Å²) in [5.41, 5.74) is 1.53. The molecule has 0 aliphatic rings. The maximum absolute atomic E-state index is 12.3. The number of hydrogen-bond donors (Lipinski definition) is 2. The van der Waals surface area contributed by atoms with Crippen molar-refractivity contribution in [2.24, 2.45) is 0 Å². The number of hydrogen-bond acceptors (Lipinski definition) is 4. The minimum atomic E-state index is -0.468.